The first-order chi connectivity index (χ1) is 8.90. The normalized spacial score (nSPS) is 11.3. The highest BCUT2D eigenvalue weighted by Crippen LogP contribution is 2.27. The third kappa shape index (κ3) is 3.02. The van der Waals surface area contributed by atoms with Crippen molar-refractivity contribution in [1.82, 2.24) is 0 Å². The molecule has 0 atom stereocenters. The summed E-state index contributed by atoms with van der Waals surface area (Å²) in [7, 11) is -4.02. The number of nitrogens with one attached hydrogen (secondary N) is 1. The fourth-order valence-corrected chi connectivity index (χ4v) is 2.76. The summed E-state index contributed by atoms with van der Waals surface area (Å²) >= 11 is 5.72. The van der Waals surface area contributed by atoms with Crippen molar-refractivity contribution < 1.29 is 17.2 Å². The maximum atomic E-state index is 13.5. The van der Waals surface area contributed by atoms with Gasteiger partial charge in [-0.3, -0.25) is 4.72 Å². The topological polar surface area (TPSA) is 46.2 Å². The summed E-state index contributed by atoms with van der Waals surface area (Å²) in [5, 5.41) is -0.0642. The van der Waals surface area contributed by atoms with E-state index in [1.54, 1.807) is 0 Å². The quantitative estimate of drug-likeness (QED) is 0.944. The van der Waals surface area contributed by atoms with Gasteiger partial charge in [-0.2, -0.15) is 0 Å². The summed E-state index contributed by atoms with van der Waals surface area (Å²) < 4.78 is 52.2. The average Bonchev–Trinajstić information content (AvgIpc) is 2.35. The minimum atomic E-state index is -4.02. The monoisotopic (exact) mass is 303 g/mol. The van der Waals surface area contributed by atoms with Crippen LogP contribution in [0.5, 0.6) is 0 Å². The van der Waals surface area contributed by atoms with E-state index >= 15 is 0 Å². The second-order valence-corrected chi connectivity index (χ2v) is 5.75. The molecule has 2 aromatic carbocycles. The predicted octanol–water partition coefficient (Wildman–Crippen LogP) is 3.42. The first-order valence-corrected chi connectivity index (χ1v) is 6.99. The molecule has 0 bridgehead atoms. The molecule has 0 fully saturated rings. The van der Waals surface area contributed by atoms with E-state index in [2.05, 4.69) is 0 Å². The molecule has 19 heavy (non-hydrogen) atoms. The van der Waals surface area contributed by atoms with Crippen LogP contribution in [0.25, 0.3) is 0 Å². The first-order valence-electron chi connectivity index (χ1n) is 5.12. The van der Waals surface area contributed by atoms with E-state index in [9.17, 15) is 17.2 Å². The lowest BCUT2D eigenvalue weighted by atomic mass is 10.3. The molecule has 100 valence electrons. The maximum absolute atomic E-state index is 13.5. The molecule has 0 amide bonds. The maximum Gasteiger partial charge on any atom is 0.262 e. The third-order valence-corrected chi connectivity index (χ3v) is 4.00. The molecule has 2 aromatic rings. The Labute approximate surface area is 113 Å². The standard InChI is InChI=1S/C12H8ClF2NO2S/c13-10-2-1-3-11(15)12(10)16-19(17,18)9-6-4-8(14)5-7-9/h1-7,16H. The number of hydrogen-bond donors (Lipinski definition) is 1. The lowest BCUT2D eigenvalue weighted by Crippen LogP contribution is -2.14. The van der Waals surface area contributed by atoms with Crippen LogP contribution in [0.4, 0.5) is 14.5 Å². The summed E-state index contributed by atoms with van der Waals surface area (Å²) in [5.74, 6) is -1.36. The Morgan fingerprint density at radius 2 is 1.63 bits per heavy atom. The molecule has 0 unspecified atom stereocenters. The molecule has 0 heterocycles. The van der Waals surface area contributed by atoms with Gasteiger partial charge >= 0.3 is 0 Å². The highest BCUT2D eigenvalue weighted by atomic mass is 35.5. The van der Waals surface area contributed by atoms with Gasteiger partial charge in [0.15, 0.2) is 0 Å². The molecule has 3 nitrogen and oxygen atoms in total. The molecule has 0 aromatic heterocycles. The average molecular weight is 304 g/mol. The Morgan fingerprint density at radius 3 is 2.21 bits per heavy atom. The second-order valence-electron chi connectivity index (χ2n) is 3.66. The summed E-state index contributed by atoms with van der Waals surface area (Å²) in [6.07, 6.45) is 0. The first kappa shape index (κ1) is 13.8. The molecule has 0 saturated carbocycles. The van der Waals surface area contributed by atoms with Crippen molar-refractivity contribution in [3.8, 4) is 0 Å². The van der Waals surface area contributed by atoms with Crippen LogP contribution in [0.1, 0.15) is 0 Å². The molecule has 0 spiro atoms. The molecular weight excluding hydrogens is 296 g/mol. The van der Waals surface area contributed by atoms with Gasteiger partial charge in [0.1, 0.15) is 17.3 Å². The van der Waals surface area contributed by atoms with E-state index in [1.807, 2.05) is 4.72 Å². The number of benzene rings is 2. The van der Waals surface area contributed by atoms with Gasteiger partial charge in [0.2, 0.25) is 0 Å². The zero-order valence-electron chi connectivity index (χ0n) is 9.40. The van der Waals surface area contributed by atoms with Crippen LogP contribution < -0.4 is 4.72 Å². The van der Waals surface area contributed by atoms with Crippen molar-refractivity contribution in [3.05, 3.63) is 59.1 Å². The SMILES string of the molecule is O=S(=O)(Nc1c(F)cccc1Cl)c1ccc(F)cc1. The van der Waals surface area contributed by atoms with Crippen LogP contribution in [0.15, 0.2) is 47.4 Å². The smallest absolute Gasteiger partial charge is 0.262 e. The molecule has 1 N–H and O–H groups in total. The van der Waals surface area contributed by atoms with Crippen molar-refractivity contribution in [2.75, 3.05) is 4.72 Å². The predicted molar refractivity (Wildman–Crippen MR) is 68.6 cm³/mol. The number of sulfonamides is 1. The summed E-state index contributed by atoms with van der Waals surface area (Å²) in [5.41, 5.74) is -0.339. The van der Waals surface area contributed by atoms with Crippen LogP contribution in [0, 0.1) is 11.6 Å². The van der Waals surface area contributed by atoms with Crippen LogP contribution in [-0.2, 0) is 10.0 Å². The fraction of sp³-hybridized carbons (Fsp3) is 0. The van der Waals surface area contributed by atoms with E-state index in [0.717, 1.165) is 30.3 Å². The highest BCUT2D eigenvalue weighted by Gasteiger charge is 2.18. The van der Waals surface area contributed by atoms with Gasteiger partial charge < -0.3 is 0 Å². The Bertz CT molecular complexity index is 682. The van der Waals surface area contributed by atoms with Crippen LogP contribution in [0.2, 0.25) is 5.02 Å². The molecule has 2 rings (SSSR count). The molecule has 0 aliphatic carbocycles. The summed E-state index contributed by atoms with van der Waals surface area (Å²) in [6, 6.07) is 7.93. The summed E-state index contributed by atoms with van der Waals surface area (Å²) in [4.78, 5) is -0.187. The molecule has 0 radical (unpaired) electrons. The van der Waals surface area contributed by atoms with Crippen LogP contribution in [0.3, 0.4) is 0 Å². The van der Waals surface area contributed by atoms with Gasteiger partial charge in [-0.25, -0.2) is 17.2 Å². The molecule has 7 heteroatoms. The zero-order chi connectivity index (χ0) is 14.0. The van der Waals surface area contributed by atoms with E-state index in [-0.39, 0.29) is 15.6 Å². The minimum absolute atomic E-state index is 0.0642. The van der Waals surface area contributed by atoms with Crippen molar-refractivity contribution in [3.63, 3.8) is 0 Å². The van der Waals surface area contributed by atoms with Crippen LogP contribution >= 0.6 is 11.6 Å². The second kappa shape index (κ2) is 5.14. The third-order valence-electron chi connectivity index (χ3n) is 2.32. The number of hydrogen-bond acceptors (Lipinski definition) is 2. The highest BCUT2D eigenvalue weighted by molar-refractivity contribution is 7.92. The lowest BCUT2D eigenvalue weighted by molar-refractivity contribution is 0.597. The van der Waals surface area contributed by atoms with Crippen molar-refractivity contribution in [2.24, 2.45) is 0 Å². The Hall–Kier alpha value is -1.66. The van der Waals surface area contributed by atoms with Crippen molar-refractivity contribution in [2.45, 2.75) is 4.90 Å². The summed E-state index contributed by atoms with van der Waals surface area (Å²) in [6.45, 7) is 0. The van der Waals surface area contributed by atoms with Gasteiger partial charge in [0.25, 0.3) is 10.0 Å². The molecule has 0 saturated heterocycles. The van der Waals surface area contributed by atoms with Gasteiger partial charge in [0.05, 0.1) is 9.92 Å². The van der Waals surface area contributed by atoms with E-state index < -0.39 is 21.7 Å². The zero-order valence-corrected chi connectivity index (χ0v) is 11.0. The number of rotatable bonds is 3. The van der Waals surface area contributed by atoms with E-state index in [4.69, 9.17) is 11.6 Å². The van der Waals surface area contributed by atoms with E-state index in [0.29, 0.717) is 0 Å². The van der Waals surface area contributed by atoms with Crippen molar-refractivity contribution >= 4 is 27.3 Å². The van der Waals surface area contributed by atoms with Gasteiger partial charge in [0, 0.05) is 0 Å². The van der Waals surface area contributed by atoms with Gasteiger partial charge in [-0.15, -0.1) is 0 Å². The fourth-order valence-electron chi connectivity index (χ4n) is 1.40. The number of para-hydroxylation sites is 1. The van der Waals surface area contributed by atoms with E-state index in [1.165, 1.54) is 12.1 Å². The molecular formula is C12H8ClF2NO2S. The Balaban J connectivity index is 2.39. The van der Waals surface area contributed by atoms with Crippen molar-refractivity contribution in [1.29, 1.82) is 0 Å². The van der Waals surface area contributed by atoms with Gasteiger partial charge in [-0.05, 0) is 36.4 Å². The van der Waals surface area contributed by atoms with Crippen LogP contribution in [-0.4, -0.2) is 8.42 Å². The number of halogens is 3. The number of anilines is 1. The lowest BCUT2D eigenvalue weighted by Gasteiger charge is -2.10. The minimum Gasteiger partial charge on any atom is -0.275 e. The molecule has 0 aliphatic rings. The Morgan fingerprint density at radius 1 is 1.00 bits per heavy atom. The Kier molecular flexibility index (Phi) is 3.73. The largest absolute Gasteiger partial charge is 0.275 e. The van der Waals surface area contributed by atoms with Gasteiger partial charge in [-0.1, -0.05) is 17.7 Å². The molecule has 0 aliphatic heterocycles.